The number of nitrogens with one attached hydrogen (secondary N) is 1. The van der Waals surface area contributed by atoms with Gasteiger partial charge in [0, 0.05) is 10.3 Å². The molecule has 0 spiro atoms. The molecule has 3 aromatic rings. The van der Waals surface area contributed by atoms with Gasteiger partial charge in [0.25, 0.3) is 0 Å². The lowest BCUT2D eigenvalue weighted by molar-refractivity contribution is 0.780. The highest BCUT2D eigenvalue weighted by Gasteiger charge is 2.13. The summed E-state index contributed by atoms with van der Waals surface area (Å²) >= 11 is 0. The summed E-state index contributed by atoms with van der Waals surface area (Å²) in [5.41, 5.74) is 11.7. The van der Waals surface area contributed by atoms with Crippen molar-refractivity contribution >= 4 is 16.7 Å². The number of aromatic nitrogens is 2. The molecule has 0 aliphatic carbocycles. The second-order valence-corrected chi connectivity index (χ2v) is 5.21. The summed E-state index contributed by atoms with van der Waals surface area (Å²) in [7, 11) is 0. The summed E-state index contributed by atoms with van der Waals surface area (Å²) < 4.78 is 0. The van der Waals surface area contributed by atoms with Gasteiger partial charge in [0.1, 0.15) is 12.1 Å². The molecule has 0 bridgehead atoms. The quantitative estimate of drug-likeness (QED) is 0.430. The van der Waals surface area contributed by atoms with Crippen LogP contribution in [0.25, 0.3) is 21.3 Å². The maximum atomic E-state index is 8.64. The third-order valence-electron chi connectivity index (χ3n) is 3.71. The second kappa shape index (κ2) is 6.77. The molecule has 1 heterocycles. The molecule has 0 saturated carbocycles. The van der Waals surface area contributed by atoms with Crippen LogP contribution in [0, 0.1) is 6.92 Å². The van der Waals surface area contributed by atoms with Crippen LogP contribution in [-0.4, -0.2) is 16.5 Å². The maximum Gasteiger partial charge on any atom is 0.137 e. The number of azide groups is 1. The van der Waals surface area contributed by atoms with Crippen molar-refractivity contribution < 1.29 is 0 Å². The zero-order chi connectivity index (χ0) is 16.1. The Bertz CT molecular complexity index is 855. The van der Waals surface area contributed by atoms with Gasteiger partial charge in [-0.05, 0) is 29.6 Å². The van der Waals surface area contributed by atoms with Crippen molar-refractivity contribution in [3.8, 4) is 0 Å². The Labute approximate surface area is 133 Å². The van der Waals surface area contributed by atoms with Crippen LogP contribution < -0.4 is 5.32 Å². The first-order valence-electron chi connectivity index (χ1n) is 7.32. The Hall–Kier alpha value is -3.11. The molecule has 0 aliphatic heterocycles. The fourth-order valence-corrected chi connectivity index (χ4v) is 2.55. The lowest BCUT2D eigenvalue weighted by Crippen LogP contribution is -2.15. The molecule has 0 unspecified atom stereocenters. The molecule has 1 atom stereocenters. The van der Waals surface area contributed by atoms with Crippen molar-refractivity contribution in [2.75, 3.05) is 11.9 Å². The van der Waals surface area contributed by atoms with Crippen LogP contribution in [0.2, 0.25) is 0 Å². The number of rotatable bonds is 5. The van der Waals surface area contributed by atoms with Crippen molar-refractivity contribution in [2.24, 2.45) is 5.11 Å². The molecule has 0 amide bonds. The van der Waals surface area contributed by atoms with E-state index in [9.17, 15) is 0 Å². The van der Waals surface area contributed by atoms with E-state index in [0.717, 1.165) is 27.8 Å². The number of hydrogen-bond acceptors (Lipinski definition) is 4. The Balaban J connectivity index is 2.00. The molecule has 2 aromatic carbocycles. The molecule has 0 radical (unpaired) electrons. The first-order valence-corrected chi connectivity index (χ1v) is 7.32. The molecule has 0 fully saturated rings. The number of benzene rings is 2. The monoisotopic (exact) mass is 304 g/mol. The SMILES string of the molecule is Cc1cccc2c(N[C@H](CN=[N+]=[N-])c3ccccc3)ncnc12. The standard InChI is InChI=1S/C17H16N6/c1-12-6-5-9-14-16(12)19-11-20-17(14)22-15(10-21-23-18)13-7-3-2-4-8-13/h2-9,11,15H,10H2,1H3,(H,19,20,22)/t15-/m1/s1. The molecule has 0 saturated heterocycles. The molecule has 114 valence electrons. The van der Waals surface area contributed by atoms with E-state index in [1.807, 2.05) is 55.5 Å². The Morgan fingerprint density at radius 2 is 1.96 bits per heavy atom. The van der Waals surface area contributed by atoms with Gasteiger partial charge in [-0.25, -0.2) is 9.97 Å². The lowest BCUT2D eigenvalue weighted by Gasteiger charge is -2.19. The fraction of sp³-hybridized carbons (Fsp3) is 0.176. The van der Waals surface area contributed by atoms with Gasteiger partial charge in [-0.2, -0.15) is 0 Å². The normalized spacial score (nSPS) is 11.7. The summed E-state index contributed by atoms with van der Waals surface area (Å²) in [4.78, 5) is 11.6. The van der Waals surface area contributed by atoms with E-state index in [2.05, 4.69) is 25.3 Å². The van der Waals surface area contributed by atoms with Crippen LogP contribution in [0.15, 0.2) is 60.0 Å². The van der Waals surface area contributed by atoms with Gasteiger partial charge in [0.15, 0.2) is 0 Å². The van der Waals surface area contributed by atoms with Crippen molar-refractivity contribution in [2.45, 2.75) is 13.0 Å². The first kappa shape index (κ1) is 14.8. The molecule has 1 N–H and O–H groups in total. The van der Waals surface area contributed by atoms with E-state index in [4.69, 9.17) is 5.53 Å². The molecule has 6 heteroatoms. The third kappa shape index (κ3) is 3.22. The average molecular weight is 304 g/mol. The number of fused-ring (bicyclic) bond motifs is 1. The van der Waals surface area contributed by atoms with Gasteiger partial charge >= 0.3 is 0 Å². The van der Waals surface area contributed by atoms with Crippen LogP contribution in [-0.2, 0) is 0 Å². The minimum absolute atomic E-state index is 0.147. The van der Waals surface area contributed by atoms with Gasteiger partial charge in [0.05, 0.1) is 18.1 Å². The minimum Gasteiger partial charge on any atom is -0.363 e. The average Bonchev–Trinajstić information content (AvgIpc) is 2.60. The van der Waals surface area contributed by atoms with Gasteiger partial charge in [-0.1, -0.05) is 47.6 Å². The Morgan fingerprint density at radius 1 is 1.13 bits per heavy atom. The number of anilines is 1. The molecule has 23 heavy (non-hydrogen) atoms. The predicted octanol–water partition coefficient (Wildman–Crippen LogP) is 4.40. The molecule has 1 aromatic heterocycles. The summed E-state index contributed by atoms with van der Waals surface area (Å²) in [6, 6.07) is 15.7. The minimum atomic E-state index is -0.147. The van der Waals surface area contributed by atoms with Crippen LogP contribution in [0.3, 0.4) is 0 Å². The smallest absolute Gasteiger partial charge is 0.137 e. The lowest BCUT2D eigenvalue weighted by atomic mass is 10.1. The van der Waals surface area contributed by atoms with Gasteiger partial charge in [-0.15, -0.1) is 0 Å². The highest BCUT2D eigenvalue weighted by atomic mass is 15.2. The van der Waals surface area contributed by atoms with Gasteiger partial charge < -0.3 is 5.32 Å². The molecule has 0 aliphatic rings. The zero-order valence-corrected chi connectivity index (χ0v) is 12.7. The number of aryl methyl sites for hydroxylation is 1. The van der Waals surface area contributed by atoms with Gasteiger partial charge in [-0.3, -0.25) is 0 Å². The maximum absolute atomic E-state index is 8.64. The second-order valence-electron chi connectivity index (χ2n) is 5.21. The molecule has 3 rings (SSSR count). The molecular formula is C17H16N6. The van der Waals surface area contributed by atoms with Crippen molar-refractivity contribution in [1.82, 2.24) is 9.97 Å². The van der Waals surface area contributed by atoms with Crippen molar-refractivity contribution in [1.29, 1.82) is 0 Å². The van der Waals surface area contributed by atoms with E-state index < -0.39 is 0 Å². The highest BCUT2D eigenvalue weighted by Crippen LogP contribution is 2.26. The van der Waals surface area contributed by atoms with Gasteiger partial charge in [0.2, 0.25) is 0 Å². The van der Waals surface area contributed by atoms with Crippen LogP contribution >= 0.6 is 0 Å². The van der Waals surface area contributed by atoms with E-state index in [1.54, 1.807) is 6.33 Å². The van der Waals surface area contributed by atoms with Crippen LogP contribution in [0.5, 0.6) is 0 Å². The van der Waals surface area contributed by atoms with Crippen molar-refractivity contribution in [3.63, 3.8) is 0 Å². The predicted molar refractivity (Wildman–Crippen MR) is 91.1 cm³/mol. The summed E-state index contributed by atoms with van der Waals surface area (Å²) in [5, 5.41) is 8.05. The van der Waals surface area contributed by atoms with E-state index in [-0.39, 0.29) is 6.04 Å². The topological polar surface area (TPSA) is 86.6 Å². The highest BCUT2D eigenvalue weighted by molar-refractivity contribution is 5.90. The van der Waals surface area contributed by atoms with Crippen molar-refractivity contribution in [3.05, 3.63) is 76.4 Å². The first-order chi connectivity index (χ1) is 11.3. The molecule has 6 nitrogen and oxygen atoms in total. The summed E-state index contributed by atoms with van der Waals surface area (Å²) in [6.45, 7) is 2.32. The third-order valence-corrected chi connectivity index (χ3v) is 3.71. The number of hydrogen-bond donors (Lipinski definition) is 1. The Kier molecular flexibility index (Phi) is 4.36. The van der Waals surface area contributed by atoms with E-state index in [0.29, 0.717) is 6.54 Å². The summed E-state index contributed by atoms with van der Waals surface area (Å²) in [6.07, 6.45) is 1.55. The fourth-order valence-electron chi connectivity index (χ4n) is 2.55. The van der Waals surface area contributed by atoms with E-state index in [1.165, 1.54) is 0 Å². The Morgan fingerprint density at radius 3 is 2.74 bits per heavy atom. The largest absolute Gasteiger partial charge is 0.363 e. The summed E-state index contributed by atoms with van der Waals surface area (Å²) in [5.74, 6) is 0.737. The number of nitrogens with zero attached hydrogens (tertiary/aromatic N) is 5. The molecular weight excluding hydrogens is 288 g/mol. The zero-order valence-electron chi connectivity index (χ0n) is 12.7. The van der Waals surface area contributed by atoms with E-state index >= 15 is 0 Å². The van der Waals surface area contributed by atoms with Crippen LogP contribution in [0.4, 0.5) is 5.82 Å². The number of para-hydroxylation sites is 1. The van der Waals surface area contributed by atoms with Crippen LogP contribution in [0.1, 0.15) is 17.2 Å².